The fourth-order valence-electron chi connectivity index (χ4n) is 5.16. The summed E-state index contributed by atoms with van der Waals surface area (Å²) in [7, 11) is -5.16. The Morgan fingerprint density at radius 2 is 1.74 bits per heavy atom. The first-order valence-electron chi connectivity index (χ1n) is 9.15. The predicted molar refractivity (Wildman–Crippen MR) is 104 cm³/mol. The van der Waals surface area contributed by atoms with E-state index in [-0.39, 0.29) is 45.9 Å². The van der Waals surface area contributed by atoms with E-state index in [0.717, 1.165) is 0 Å². The number of allylic oxidation sites excluding steroid dienone is 2. The Kier molecular flexibility index (Phi) is 4.13. The smallest absolute Gasteiger partial charge is 0.183 e. The van der Waals surface area contributed by atoms with Crippen LogP contribution in [0.15, 0.2) is 34.7 Å². The van der Waals surface area contributed by atoms with Crippen molar-refractivity contribution in [2.45, 2.75) is 43.6 Å². The molecule has 27 heavy (non-hydrogen) atoms. The molecule has 0 bridgehead atoms. The summed E-state index contributed by atoms with van der Waals surface area (Å²) in [5.74, 6) is -2.04. The van der Waals surface area contributed by atoms with Gasteiger partial charge in [-0.1, -0.05) is 43.7 Å². The van der Waals surface area contributed by atoms with Crippen molar-refractivity contribution in [2.75, 3.05) is 5.75 Å². The van der Waals surface area contributed by atoms with Gasteiger partial charge in [0.1, 0.15) is 4.75 Å². The van der Waals surface area contributed by atoms with Gasteiger partial charge in [-0.3, -0.25) is 13.8 Å². The van der Waals surface area contributed by atoms with E-state index >= 15 is 0 Å². The number of carbonyl (C=O) groups is 2. The van der Waals surface area contributed by atoms with Crippen LogP contribution in [-0.4, -0.2) is 39.9 Å². The number of benzene rings is 1. The van der Waals surface area contributed by atoms with Gasteiger partial charge < -0.3 is 0 Å². The first kappa shape index (κ1) is 18.7. The molecule has 7 heteroatoms. The van der Waals surface area contributed by atoms with Gasteiger partial charge in [0, 0.05) is 38.0 Å². The Labute approximate surface area is 161 Å². The molecule has 5 nitrogen and oxygen atoms in total. The van der Waals surface area contributed by atoms with Gasteiger partial charge in [-0.25, -0.2) is 8.42 Å². The molecule has 0 saturated carbocycles. The van der Waals surface area contributed by atoms with Gasteiger partial charge in [-0.2, -0.15) is 0 Å². The van der Waals surface area contributed by atoms with Crippen LogP contribution in [0.1, 0.15) is 54.3 Å². The number of Topliss-reactive ketones (excluding diaryl/α,β-unsaturated/α-hetero) is 2. The maximum absolute atomic E-state index is 13.8. The summed E-state index contributed by atoms with van der Waals surface area (Å²) in [6.45, 7) is 5.24. The van der Waals surface area contributed by atoms with Gasteiger partial charge in [0.2, 0.25) is 0 Å². The van der Waals surface area contributed by atoms with Crippen molar-refractivity contribution in [3.05, 3.63) is 45.9 Å². The van der Waals surface area contributed by atoms with Crippen molar-refractivity contribution in [1.82, 2.24) is 0 Å². The van der Waals surface area contributed by atoms with Gasteiger partial charge >= 0.3 is 0 Å². The topological polar surface area (TPSA) is 85.3 Å². The third-order valence-electron chi connectivity index (χ3n) is 6.16. The summed E-state index contributed by atoms with van der Waals surface area (Å²) in [6, 6.07) is 6.64. The molecular formula is C20H22O5S2. The molecule has 1 saturated heterocycles. The molecule has 4 atom stereocenters. The molecule has 0 unspecified atom stereocenters. The van der Waals surface area contributed by atoms with Crippen molar-refractivity contribution in [1.29, 1.82) is 0 Å². The van der Waals surface area contributed by atoms with Gasteiger partial charge in [0.05, 0.1) is 11.7 Å². The number of ketones is 2. The van der Waals surface area contributed by atoms with Crippen LogP contribution < -0.4 is 0 Å². The second kappa shape index (κ2) is 5.95. The van der Waals surface area contributed by atoms with Crippen LogP contribution in [0.2, 0.25) is 0 Å². The van der Waals surface area contributed by atoms with Crippen molar-refractivity contribution in [3.8, 4) is 0 Å². The standard InChI is InChI=1S/C20H22O5S2/c1-11(2)26(23)20-15-8-9-27(24,25)18(15)12(3)10-16(20)17(21)13-6-4-5-7-14(13)19(20)22/h4-7,11,15-16H,8-10H2,1-3H3/t15-,16-,20-,26+/m1/s1. The lowest BCUT2D eigenvalue weighted by atomic mass is 9.62. The quantitative estimate of drug-likeness (QED) is 0.754. The lowest BCUT2D eigenvalue weighted by Gasteiger charge is -2.49. The van der Waals surface area contributed by atoms with Gasteiger partial charge in [-0.15, -0.1) is 0 Å². The Hall–Kier alpha value is -1.60. The number of sulfone groups is 1. The number of hydrogen-bond donors (Lipinski definition) is 0. The molecule has 1 aromatic rings. The summed E-state index contributed by atoms with van der Waals surface area (Å²) < 4.78 is 37.5. The molecule has 2 aliphatic carbocycles. The van der Waals surface area contributed by atoms with Crippen LogP contribution in [0.5, 0.6) is 0 Å². The SMILES string of the molecule is CC1=C2[C@@H](CCS2(=O)=O)[C@]2([S@@](=O)C(C)C)C(=O)c3ccccc3C(=O)[C@H]2C1. The molecule has 3 aliphatic rings. The molecular weight excluding hydrogens is 384 g/mol. The molecule has 1 fully saturated rings. The Morgan fingerprint density at radius 3 is 2.37 bits per heavy atom. The van der Waals surface area contributed by atoms with E-state index in [4.69, 9.17) is 0 Å². The molecule has 144 valence electrons. The highest BCUT2D eigenvalue weighted by Gasteiger charge is 2.67. The molecule has 1 aromatic carbocycles. The van der Waals surface area contributed by atoms with E-state index in [1.165, 1.54) is 0 Å². The average molecular weight is 407 g/mol. The zero-order valence-electron chi connectivity index (χ0n) is 15.5. The highest BCUT2D eigenvalue weighted by Crippen LogP contribution is 2.56. The first-order valence-corrected chi connectivity index (χ1v) is 12.0. The van der Waals surface area contributed by atoms with Crippen molar-refractivity contribution >= 4 is 32.2 Å². The third kappa shape index (κ3) is 2.27. The average Bonchev–Trinajstić information content (AvgIpc) is 2.95. The first-order chi connectivity index (χ1) is 12.6. The fraction of sp³-hybridized carbons (Fsp3) is 0.500. The number of carbonyl (C=O) groups excluding carboxylic acids is 2. The fourth-order valence-corrected chi connectivity index (χ4v) is 9.42. The predicted octanol–water partition coefficient (Wildman–Crippen LogP) is 2.69. The molecule has 1 aliphatic heterocycles. The zero-order valence-corrected chi connectivity index (χ0v) is 17.2. The van der Waals surface area contributed by atoms with E-state index in [1.807, 2.05) is 0 Å². The molecule has 0 N–H and O–H groups in total. The minimum atomic E-state index is -3.48. The van der Waals surface area contributed by atoms with Gasteiger partial charge in [0.25, 0.3) is 0 Å². The van der Waals surface area contributed by atoms with E-state index in [1.54, 1.807) is 45.0 Å². The van der Waals surface area contributed by atoms with Crippen LogP contribution >= 0.6 is 0 Å². The highest BCUT2D eigenvalue weighted by atomic mass is 32.2. The number of fused-ring (bicyclic) bond motifs is 4. The maximum atomic E-state index is 13.8. The zero-order chi connectivity index (χ0) is 19.7. The van der Waals surface area contributed by atoms with E-state index in [9.17, 15) is 22.2 Å². The summed E-state index contributed by atoms with van der Waals surface area (Å²) in [6.07, 6.45) is 0.410. The minimum Gasteiger partial charge on any atom is -0.294 e. The Balaban J connectivity index is 2.08. The third-order valence-corrected chi connectivity index (χ3v) is 10.5. The Morgan fingerprint density at radius 1 is 1.11 bits per heavy atom. The molecule has 0 radical (unpaired) electrons. The number of hydrogen-bond acceptors (Lipinski definition) is 5. The molecule has 0 amide bonds. The second-order valence-electron chi connectivity index (χ2n) is 7.94. The van der Waals surface area contributed by atoms with Crippen molar-refractivity contribution in [2.24, 2.45) is 11.8 Å². The Bertz CT molecular complexity index is 1030. The summed E-state index contributed by atoms with van der Waals surface area (Å²) in [4.78, 5) is 27.4. The summed E-state index contributed by atoms with van der Waals surface area (Å²) in [5.41, 5.74) is 1.27. The summed E-state index contributed by atoms with van der Waals surface area (Å²) >= 11 is 0. The van der Waals surface area contributed by atoms with Gasteiger partial charge in [-0.05, 0) is 19.8 Å². The van der Waals surface area contributed by atoms with Crippen molar-refractivity contribution in [3.63, 3.8) is 0 Å². The van der Waals surface area contributed by atoms with E-state index < -0.39 is 37.2 Å². The van der Waals surface area contributed by atoms with Gasteiger partial charge in [0.15, 0.2) is 21.4 Å². The van der Waals surface area contributed by atoms with Crippen LogP contribution in [0.3, 0.4) is 0 Å². The second-order valence-corrected chi connectivity index (χ2v) is 12.2. The minimum absolute atomic E-state index is 0.0583. The molecule has 4 rings (SSSR count). The van der Waals surface area contributed by atoms with Crippen LogP contribution in [0.4, 0.5) is 0 Å². The lowest BCUT2D eigenvalue weighted by molar-refractivity contribution is 0.0713. The van der Waals surface area contributed by atoms with Crippen LogP contribution in [0.25, 0.3) is 0 Å². The van der Waals surface area contributed by atoms with E-state index in [2.05, 4.69) is 0 Å². The molecule has 0 spiro atoms. The molecule has 0 aromatic heterocycles. The maximum Gasteiger partial charge on any atom is 0.183 e. The van der Waals surface area contributed by atoms with Crippen LogP contribution in [0, 0.1) is 11.8 Å². The lowest BCUT2D eigenvalue weighted by Crippen LogP contribution is -2.63. The number of rotatable bonds is 2. The highest BCUT2D eigenvalue weighted by molar-refractivity contribution is 7.95. The van der Waals surface area contributed by atoms with Crippen molar-refractivity contribution < 1.29 is 22.2 Å². The van der Waals surface area contributed by atoms with Crippen LogP contribution in [-0.2, 0) is 20.6 Å². The largest absolute Gasteiger partial charge is 0.294 e. The van der Waals surface area contributed by atoms with E-state index in [0.29, 0.717) is 11.1 Å². The summed E-state index contributed by atoms with van der Waals surface area (Å²) in [5, 5.41) is -0.363. The monoisotopic (exact) mass is 406 g/mol. The molecule has 1 heterocycles. The normalized spacial score (nSPS) is 32.9.